The molecule has 0 radical (unpaired) electrons. The first-order chi connectivity index (χ1) is 15.1. The summed E-state index contributed by atoms with van der Waals surface area (Å²) in [7, 11) is 0. The number of nitrogens with zero attached hydrogens (tertiary/aromatic N) is 3. The first-order valence-corrected chi connectivity index (χ1v) is 11.4. The molecule has 1 N–H and O–H groups in total. The van der Waals surface area contributed by atoms with Crippen molar-refractivity contribution in [2.45, 2.75) is 46.1 Å². The summed E-state index contributed by atoms with van der Waals surface area (Å²) in [5.41, 5.74) is 2.07. The molecule has 0 aliphatic rings. The molecule has 0 aliphatic heterocycles. The van der Waals surface area contributed by atoms with E-state index in [9.17, 15) is 9.59 Å². The molecule has 0 bridgehead atoms. The van der Waals surface area contributed by atoms with Crippen molar-refractivity contribution in [3.05, 3.63) is 76.4 Å². The van der Waals surface area contributed by atoms with E-state index < -0.39 is 0 Å². The molecule has 0 saturated carbocycles. The molecule has 0 aliphatic carbocycles. The van der Waals surface area contributed by atoms with Gasteiger partial charge in [0.05, 0.1) is 11.4 Å². The molecule has 2 amide bonds. The molecule has 0 unspecified atom stereocenters. The Hall–Kier alpha value is -2.93. The molecule has 168 valence electrons. The fourth-order valence-electron chi connectivity index (χ4n) is 3.22. The van der Waals surface area contributed by atoms with Crippen LogP contribution in [0.2, 0.25) is 0 Å². The van der Waals surface area contributed by atoms with Crippen LogP contribution in [-0.4, -0.2) is 39.1 Å². The van der Waals surface area contributed by atoms with Crippen LogP contribution in [0.1, 0.15) is 50.7 Å². The second-order valence-corrected chi connectivity index (χ2v) is 9.91. The average molecular weight is 497 g/mol. The topological polar surface area (TPSA) is 67.2 Å². The summed E-state index contributed by atoms with van der Waals surface area (Å²) in [6, 6.07) is 18.6. The fourth-order valence-corrected chi connectivity index (χ4v) is 3.62. The maximum Gasteiger partial charge on any atom is 0.254 e. The third-order valence-electron chi connectivity index (χ3n) is 5.02. The summed E-state index contributed by atoms with van der Waals surface area (Å²) in [5, 5.41) is 7.69. The van der Waals surface area contributed by atoms with Crippen molar-refractivity contribution in [1.82, 2.24) is 14.7 Å². The number of amides is 2. The first-order valence-electron chi connectivity index (χ1n) is 10.6. The quantitative estimate of drug-likeness (QED) is 0.495. The zero-order chi connectivity index (χ0) is 23.5. The molecule has 0 fully saturated rings. The minimum Gasteiger partial charge on any atom is -0.327 e. The highest BCUT2D eigenvalue weighted by atomic mass is 79.9. The number of carbonyl (C=O) groups is 2. The second-order valence-electron chi connectivity index (χ2n) is 9.00. The van der Waals surface area contributed by atoms with Crippen LogP contribution in [0.15, 0.2) is 65.1 Å². The Bertz CT molecular complexity index is 1100. The Morgan fingerprint density at radius 3 is 2.34 bits per heavy atom. The van der Waals surface area contributed by atoms with Gasteiger partial charge in [-0.1, -0.05) is 61.0 Å². The molecule has 7 heteroatoms. The summed E-state index contributed by atoms with van der Waals surface area (Å²) in [6.07, 6.45) is 0. The van der Waals surface area contributed by atoms with Gasteiger partial charge in [-0.15, -0.1) is 0 Å². The monoisotopic (exact) mass is 496 g/mol. The Morgan fingerprint density at radius 2 is 1.75 bits per heavy atom. The van der Waals surface area contributed by atoms with Gasteiger partial charge in [-0.2, -0.15) is 5.10 Å². The maximum atomic E-state index is 13.1. The van der Waals surface area contributed by atoms with Crippen molar-refractivity contribution in [2.75, 3.05) is 11.9 Å². The van der Waals surface area contributed by atoms with E-state index in [1.54, 1.807) is 21.7 Å². The SMILES string of the molecule is CC(C)N(CC(=O)Nc1cc(C(C)(C)C)nn1-c1ccccc1)C(=O)c1cccc(Br)c1. The van der Waals surface area contributed by atoms with E-state index in [2.05, 4.69) is 42.0 Å². The largest absolute Gasteiger partial charge is 0.327 e. The van der Waals surface area contributed by atoms with Crippen molar-refractivity contribution in [1.29, 1.82) is 0 Å². The predicted octanol–water partition coefficient (Wildman–Crippen LogP) is 5.42. The smallest absolute Gasteiger partial charge is 0.254 e. The summed E-state index contributed by atoms with van der Waals surface area (Å²) < 4.78 is 2.55. The van der Waals surface area contributed by atoms with Gasteiger partial charge < -0.3 is 10.2 Å². The van der Waals surface area contributed by atoms with Crippen LogP contribution >= 0.6 is 15.9 Å². The summed E-state index contributed by atoms with van der Waals surface area (Å²) >= 11 is 3.40. The summed E-state index contributed by atoms with van der Waals surface area (Å²) in [4.78, 5) is 27.6. The summed E-state index contributed by atoms with van der Waals surface area (Å²) in [5.74, 6) is 0.104. The summed E-state index contributed by atoms with van der Waals surface area (Å²) in [6.45, 7) is 9.96. The lowest BCUT2D eigenvalue weighted by molar-refractivity contribution is -0.117. The van der Waals surface area contributed by atoms with E-state index >= 15 is 0 Å². The molecule has 0 saturated heterocycles. The Balaban J connectivity index is 1.85. The molecule has 0 atom stereocenters. The van der Waals surface area contributed by atoms with E-state index in [1.165, 1.54) is 0 Å². The van der Waals surface area contributed by atoms with Gasteiger partial charge in [0.1, 0.15) is 12.4 Å². The standard InChI is InChI=1S/C25H29BrN4O2/c1-17(2)29(24(32)18-10-9-11-19(26)14-18)16-23(31)27-22-15-21(25(3,4)5)28-30(22)20-12-7-6-8-13-20/h6-15,17H,16H2,1-5H3,(H,27,31). The highest BCUT2D eigenvalue weighted by molar-refractivity contribution is 9.10. The van der Waals surface area contributed by atoms with Crippen molar-refractivity contribution in [3.8, 4) is 5.69 Å². The number of hydrogen-bond donors (Lipinski definition) is 1. The molecule has 2 aromatic carbocycles. The minimum absolute atomic E-state index is 0.0617. The van der Waals surface area contributed by atoms with Gasteiger partial charge in [0.25, 0.3) is 5.91 Å². The van der Waals surface area contributed by atoms with Gasteiger partial charge in [-0.05, 0) is 44.2 Å². The van der Waals surface area contributed by atoms with Gasteiger partial charge in [0, 0.05) is 27.6 Å². The second kappa shape index (κ2) is 9.69. The number of rotatable bonds is 6. The molecule has 1 heterocycles. The van der Waals surface area contributed by atoms with Crippen molar-refractivity contribution < 1.29 is 9.59 Å². The van der Waals surface area contributed by atoms with Gasteiger partial charge in [-0.25, -0.2) is 4.68 Å². The number of aromatic nitrogens is 2. The molecule has 0 spiro atoms. The third kappa shape index (κ3) is 5.65. The zero-order valence-corrected chi connectivity index (χ0v) is 20.7. The molecule has 6 nitrogen and oxygen atoms in total. The van der Waals surface area contributed by atoms with Crippen LogP contribution in [0, 0.1) is 0 Å². The zero-order valence-electron chi connectivity index (χ0n) is 19.1. The highest BCUT2D eigenvalue weighted by Gasteiger charge is 2.24. The molecular weight excluding hydrogens is 468 g/mol. The van der Waals surface area contributed by atoms with Crippen LogP contribution in [0.4, 0.5) is 5.82 Å². The number of nitrogens with one attached hydrogen (secondary N) is 1. The Labute approximate surface area is 197 Å². The van der Waals surface area contributed by atoms with Gasteiger partial charge in [0.2, 0.25) is 5.91 Å². The third-order valence-corrected chi connectivity index (χ3v) is 5.51. The molecule has 3 rings (SSSR count). The Morgan fingerprint density at radius 1 is 1.06 bits per heavy atom. The predicted molar refractivity (Wildman–Crippen MR) is 131 cm³/mol. The van der Waals surface area contributed by atoms with Gasteiger partial charge in [-0.3, -0.25) is 9.59 Å². The van der Waals surface area contributed by atoms with Crippen LogP contribution in [0.3, 0.4) is 0 Å². The normalized spacial score (nSPS) is 11.5. The van der Waals surface area contributed by atoms with Crippen LogP contribution < -0.4 is 5.32 Å². The molecular formula is C25H29BrN4O2. The van der Waals surface area contributed by atoms with Crippen molar-refractivity contribution in [2.24, 2.45) is 0 Å². The molecule has 32 heavy (non-hydrogen) atoms. The van der Waals surface area contributed by atoms with Crippen molar-refractivity contribution in [3.63, 3.8) is 0 Å². The van der Waals surface area contributed by atoms with E-state index in [0.29, 0.717) is 11.4 Å². The number of benzene rings is 2. The molecule has 3 aromatic rings. The van der Waals surface area contributed by atoms with Crippen LogP contribution in [-0.2, 0) is 10.2 Å². The average Bonchev–Trinajstić information content (AvgIpc) is 3.16. The number of halogens is 1. The maximum absolute atomic E-state index is 13.1. The lowest BCUT2D eigenvalue weighted by Gasteiger charge is -2.26. The number of para-hydroxylation sites is 1. The Kier molecular flexibility index (Phi) is 7.19. The lowest BCUT2D eigenvalue weighted by atomic mass is 9.92. The van der Waals surface area contributed by atoms with Gasteiger partial charge in [0.15, 0.2) is 0 Å². The number of anilines is 1. The number of hydrogen-bond acceptors (Lipinski definition) is 3. The van der Waals surface area contributed by atoms with E-state index in [4.69, 9.17) is 5.10 Å². The lowest BCUT2D eigenvalue weighted by Crippen LogP contribution is -2.42. The fraction of sp³-hybridized carbons (Fsp3) is 0.320. The van der Waals surface area contributed by atoms with Crippen LogP contribution in [0.25, 0.3) is 5.69 Å². The van der Waals surface area contributed by atoms with E-state index in [-0.39, 0.29) is 29.8 Å². The first kappa shape index (κ1) is 23.7. The van der Waals surface area contributed by atoms with E-state index in [0.717, 1.165) is 15.9 Å². The molecule has 1 aromatic heterocycles. The van der Waals surface area contributed by atoms with Crippen molar-refractivity contribution >= 4 is 33.6 Å². The van der Waals surface area contributed by atoms with Gasteiger partial charge >= 0.3 is 0 Å². The number of carbonyl (C=O) groups excluding carboxylic acids is 2. The minimum atomic E-state index is -0.278. The van der Waals surface area contributed by atoms with E-state index in [1.807, 2.05) is 62.4 Å². The van der Waals surface area contributed by atoms with Crippen LogP contribution in [0.5, 0.6) is 0 Å². The highest BCUT2D eigenvalue weighted by Crippen LogP contribution is 2.26.